The van der Waals surface area contributed by atoms with Crippen LogP contribution in [0.25, 0.3) is 0 Å². The third kappa shape index (κ3) is 5.26. The van der Waals surface area contributed by atoms with Gasteiger partial charge in [0.15, 0.2) is 0 Å². The highest BCUT2D eigenvalue weighted by Gasteiger charge is 2.24. The molecule has 2 fully saturated rings. The van der Waals surface area contributed by atoms with Gasteiger partial charge in [0, 0.05) is 32.2 Å². The smallest absolute Gasteiger partial charge is 0.236 e. The number of carbonyl (C=O) groups excluding carboxylic acids is 1. The average Bonchev–Trinajstić information content (AvgIpc) is 2.74. The van der Waals surface area contributed by atoms with Gasteiger partial charge in [0.2, 0.25) is 5.91 Å². The van der Waals surface area contributed by atoms with E-state index in [2.05, 4.69) is 24.2 Å². The van der Waals surface area contributed by atoms with E-state index in [1.807, 2.05) is 4.90 Å². The number of amides is 1. The van der Waals surface area contributed by atoms with E-state index < -0.39 is 0 Å². The number of hydrogen-bond donors (Lipinski definition) is 1. The zero-order chi connectivity index (χ0) is 15.1. The van der Waals surface area contributed by atoms with Gasteiger partial charge >= 0.3 is 0 Å². The molecule has 0 aromatic rings. The number of piperazine rings is 1. The Bertz CT molecular complexity index is 315. The fraction of sp³-hybridized carbons (Fsp3) is 0.941. The standard InChI is InChI=1S/C17H33N3O/c1-3-5-15-6-4-7-16(9-8-15)19(2)14-17(21)20-12-10-18-11-13-20/h15-16,18H,3-14H2,1-2H3. The van der Waals surface area contributed by atoms with E-state index in [4.69, 9.17) is 0 Å². The zero-order valence-electron chi connectivity index (χ0n) is 13.9. The van der Waals surface area contributed by atoms with E-state index in [0.717, 1.165) is 32.1 Å². The van der Waals surface area contributed by atoms with Gasteiger partial charge in [-0.2, -0.15) is 0 Å². The third-order valence-electron chi connectivity index (χ3n) is 5.23. The summed E-state index contributed by atoms with van der Waals surface area (Å²) in [5.74, 6) is 1.24. The van der Waals surface area contributed by atoms with Crippen LogP contribution in [-0.4, -0.2) is 61.5 Å². The van der Waals surface area contributed by atoms with Crippen molar-refractivity contribution in [2.45, 2.75) is 57.9 Å². The predicted octanol–water partition coefficient (Wildman–Crippen LogP) is 2.10. The van der Waals surface area contributed by atoms with Crippen molar-refractivity contribution in [3.05, 3.63) is 0 Å². The number of likely N-dealkylation sites (N-methyl/N-ethyl adjacent to an activating group) is 1. The molecule has 0 spiro atoms. The lowest BCUT2D eigenvalue weighted by Gasteiger charge is -2.32. The molecular formula is C17H33N3O. The van der Waals surface area contributed by atoms with Crippen molar-refractivity contribution in [3.63, 3.8) is 0 Å². The lowest BCUT2D eigenvalue weighted by atomic mass is 9.95. The molecule has 0 bridgehead atoms. The molecule has 1 saturated carbocycles. The molecule has 2 aliphatic rings. The summed E-state index contributed by atoms with van der Waals surface area (Å²) >= 11 is 0. The van der Waals surface area contributed by atoms with Crippen molar-refractivity contribution in [2.75, 3.05) is 39.8 Å². The Morgan fingerprint density at radius 1 is 1.19 bits per heavy atom. The van der Waals surface area contributed by atoms with Gasteiger partial charge in [-0.05, 0) is 32.2 Å². The fourth-order valence-corrected chi connectivity index (χ4v) is 3.85. The summed E-state index contributed by atoms with van der Waals surface area (Å²) in [5, 5.41) is 3.30. The number of hydrogen-bond acceptors (Lipinski definition) is 3. The van der Waals surface area contributed by atoms with Crippen molar-refractivity contribution < 1.29 is 4.79 Å². The highest BCUT2D eigenvalue weighted by atomic mass is 16.2. The van der Waals surface area contributed by atoms with Gasteiger partial charge in [0.05, 0.1) is 6.54 Å². The van der Waals surface area contributed by atoms with Gasteiger partial charge in [-0.1, -0.05) is 32.6 Å². The Hall–Kier alpha value is -0.610. The maximum atomic E-state index is 12.4. The Morgan fingerprint density at radius 2 is 1.95 bits per heavy atom. The Morgan fingerprint density at radius 3 is 2.67 bits per heavy atom. The summed E-state index contributed by atoms with van der Waals surface area (Å²) < 4.78 is 0. The largest absolute Gasteiger partial charge is 0.339 e. The second-order valence-electron chi connectivity index (χ2n) is 6.86. The molecule has 1 heterocycles. The number of nitrogens with zero attached hydrogens (tertiary/aromatic N) is 2. The highest BCUT2D eigenvalue weighted by molar-refractivity contribution is 5.78. The molecule has 1 saturated heterocycles. The van der Waals surface area contributed by atoms with Crippen LogP contribution in [0.2, 0.25) is 0 Å². The average molecular weight is 295 g/mol. The number of carbonyl (C=O) groups is 1. The van der Waals surface area contributed by atoms with Crippen LogP contribution in [0, 0.1) is 5.92 Å². The molecule has 0 radical (unpaired) electrons. The van der Waals surface area contributed by atoms with Crippen molar-refractivity contribution >= 4 is 5.91 Å². The van der Waals surface area contributed by atoms with Crippen LogP contribution >= 0.6 is 0 Å². The molecule has 0 aromatic heterocycles. The van der Waals surface area contributed by atoms with Crippen LogP contribution in [0.3, 0.4) is 0 Å². The molecule has 1 amide bonds. The first-order chi connectivity index (χ1) is 10.2. The number of nitrogens with one attached hydrogen (secondary N) is 1. The molecule has 2 rings (SSSR count). The van der Waals surface area contributed by atoms with Crippen LogP contribution in [0.1, 0.15) is 51.9 Å². The van der Waals surface area contributed by atoms with E-state index in [1.54, 1.807) is 0 Å². The molecule has 122 valence electrons. The second-order valence-corrected chi connectivity index (χ2v) is 6.86. The summed E-state index contributed by atoms with van der Waals surface area (Å²) in [6.45, 7) is 6.52. The lowest BCUT2D eigenvalue weighted by Crippen LogP contribution is -2.50. The van der Waals surface area contributed by atoms with Crippen molar-refractivity contribution in [3.8, 4) is 0 Å². The molecule has 21 heavy (non-hydrogen) atoms. The van der Waals surface area contributed by atoms with Crippen LogP contribution < -0.4 is 5.32 Å². The van der Waals surface area contributed by atoms with Crippen molar-refractivity contribution in [1.29, 1.82) is 0 Å². The van der Waals surface area contributed by atoms with E-state index in [0.29, 0.717) is 18.5 Å². The summed E-state index contributed by atoms with van der Waals surface area (Å²) in [7, 11) is 2.14. The molecule has 4 heteroatoms. The Labute approximate surface area is 130 Å². The minimum atomic E-state index is 0.313. The van der Waals surface area contributed by atoms with Gasteiger partial charge in [-0.3, -0.25) is 9.69 Å². The molecule has 1 aliphatic heterocycles. The molecule has 1 N–H and O–H groups in total. The third-order valence-corrected chi connectivity index (χ3v) is 5.23. The van der Waals surface area contributed by atoms with E-state index in [-0.39, 0.29) is 0 Å². The summed E-state index contributed by atoms with van der Waals surface area (Å²) in [5.41, 5.74) is 0. The first-order valence-electron chi connectivity index (χ1n) is 8.89. The van der Waals surface area contributed by atoms with Crippen molar-refractivity contribution in [1.82, 2.24) is 15.1 Å². The summed E-state index contributed by atoms with van der Waals surface area (Å²) in [6, 6.07) is 0.610. The van der Waals surface area contributed by atoms with Gasteiger partial charge in [0.25, 0.3) is 0 Å². The molecule has 4 nitrogen and oxygen atoms in total. The van der Waals surface area contributed by atoms with Gasteiger partial charge in [-0.15, -0.1) is 0 Å². The SMILES string of the molecule is CCCC1CCCC(N(C)CC(=O)N2CCNCC2)CC1. The molecular weight excluding hydrogens is 262 g/mol. The van der Waals surface area contributed by atoms with Crippen LogP contribution in [0.15, 0.2) is 0 Å². The highest BCUT2D eigenvalue weighted by Crippen LogP contribution is 2.28. The normalized spacial score (nSPS) is 27.7. The van der Waals surface area contributed by atoms with Crippen molar-refractivity contribution in [2.24, 2.45) is 5.92 Å². The van der Waals surface area contributed by atoms with Crippen LogP contribution in [-0.2, 0) is 4.79 Å². The van der Waals surface area contributed by atoms with Gasteiger partial charge in [0.1, 0.15) is 0 Å². The maximum absolute atomic E-state index is 12.4. The van der Waals surface area contributed by atoms with E-state index in [1.165, 1.54) is 44.9 Å². The lowest BCUT2D eigenvalue weighted by molar-refractivity contribution is -0.133. The van der Waals surface area contributed by atoms with Gasteiger partial charge < -0.3 is 10.2 Å². The van der Waals surface area contributed by atoms with Crippen LogP contribution in [0.5, 0.6) is 0 Å². The predicted molar refractivity (Wildman–Crippen MR) is 87.4 cm³/mol. The Balaban J connectivity index is 1.76. The first-order valence-corrected chi connectivity index (χ1v) is 8.89. The number of rotatable bonds is 5. The molecule has 2 unspecified atom stereocenters. The van der Waals surface area contributed by atoms with E-state index in [9.17, 15) is 4.79 Å². The Kier molecular flexibility index (Phi) is 6.97. The first kappa shape index (κ1) is 16.8. The van der Waals surface area contributed by atoms with E-state index >= 15 is 0 Å². The topological polar surface area (TPSA) is 35.6 Å². The van der Waals surface area contributed by atoms with Gasteiger partial charge in [-0.25, -0.2) is 0 Å². The molecule has 1 aliphatic carbocycles. The quantitative estimate of drug-likeness (QED) is 0.789. The fourth-order valence-electron chi connectivity index (χ4n) is 3.85. The minimum absolute atomic E-state index is 0.313. The minimum Gasteiger partial charge on any atom is -0.339 e. The van der Waals surface area contributed by atoms with Crippen LogP contribution in [0.4, 0.5) is 0 Å². The molecule has 0 aromatic carbocycles. The maximum Gasteiger partial charge on any atom is 0.236 e. The summed E-state index contributed by atoms with van der Waals surface area (Å²) in [6.07, 6.45) is 9.32. The second kappa shape index (κ2) is 8.74. The monoisotopic (exact) mass is 295 g/mol. The summed E-state index contributed by atoms with van der Waals surface area (Å²) in [4.78, 5) is 16.7. The zero-order valence-corrected chi connectivity index (χ0v) is 13.9. The molecule has 2 atom stereocenters.